The first-order valence-corrected chi connectivity index (χ1v) is 8.09. The Hall–Kier alpha value is -1.99. The number of carbonyl (C=O) groups is 1. The number of benzene rings is 1. The zero-order valence-corrected chi connectivity index (χ0v) is 13.0. The summed E-state index contributed by atoms with van der Waals surface area (Å²) in [4.78, 5) is 16.5. The summed E-state index contributed by atoms with van der Waals surface area (Å²) >= 11 is 0. The number of amides is 1. The molecule has 1 N–H and O–H groups in total. The van der Waals surface area contributed by atoms with Crippen LogP contribution in [0.5, 0.6) is 11.5 Å². The third kappa shape index (κ3) is 2.94. The maximum absolute atomic E-state index is 12.3. The summed E-state index contributed by atoms with van der Waals surface area (Å²) in [6, 6.07) is 3.84. The van der Waals surface area contributed by atoms with Gasteiger partial charge in [-0.2, -0.15) is 0 Å². The van der Waals surface area contributed by atoms with Crippen molar-refractivity contribution >= 4 is 17.3 Å². The Balaban J connectivity index is 1.54. The molecule has 0 aliphatic carbocycles. The molecule has 124 valence electrons. The van der Waals surface area contributed by atoms with Crippen LogP contribution in [0, 0.1) is 0 Å². The topological polar surface area (TPSA) is 63.3 Å². The Labute approximate surface area is 135 Å². The number of fused-ring (bicyclic) bond motifs is 2. The summed E-state index contributed by atoms with van der Waals surface area (Å²) in [6.45, 7) is 6.33. The third-order valence-corrected chi connectivity index (χ3v) is 4.43. The van der Waals surface area contributed by atoms with E-state index in [-0.39, 0.29) is 5.91 Å². The van der Waals surface area contributed by atoms with Gasteiger partial charge >= 0.3 is 0 Å². The molecule has 0 bridgehead atoms. The smallest absolute Gasteiger partial charge is 0.246 e. The van der Waals surface area contributed by atoms with Crippen molar-refractivity contribution in [1.29, 1.82) is 0 Å². The predicted molar refractivity (Wildman–Crippen MR) is 85.5 cm³/mol. The normalized spacial score (nSPS) is 20.9. The summed E-state index contributed by atoms with van der Waals surface area (Å²) in [7, 11) is 0. The van der Waals surface area contributed by atoms with Crippen LogP contribution in [0.3, 0.4) is 0 Å². The van der Waals surface area contributed by atoms with E-state index in [1.165, 1.54) is 0 Å². The molecule has 4 rings (SSSR count). The molecule has 7 nitrogen and oxygen atoms in total. The Morgan fingerprint density at radius 2 is 1.74 bits per heavy atom. The number of morpholine rings is 1. The van der Waals surface area contributed by atoms with Gasteiger partial charge in [-0.25, -0.2) is 0 Å². The lowest BCUT2D eigenvalue weighted by molar-refractivity contribution is -0.117. The molecule has 3 heterocycles. The highest BCUT2D eigenvalue weighted by Crippen LogP contribution is 2.41. The SMILES string of the molecule is O=C1CNc2cc3c(cc2N1CCN1CCOCC1)OCCO3. The molecule has 0 saturated carbocycles. The number of hydrogen-bond donors (Lipinski definition) is 1. The average Bonchev–Trinajstić information content (AvgIpc) is 2.60. The van der Waals surface area contributed by atoms with Crippen LogP contribution in [0.1, 0.15) is 0 Å². The number of nitrogens with one attached hydrogen (secondary N) is 1. The Kier molecular flexibility index (Phi) is 3.97. The van der Waals surface area contributed by atoms with Crippen LogP contribution in [0.15, 0.2) is 12.1 Å². The van der Waals surface area contributed by atoms with Crippen LogP contribution in [-0.4, -0.2) is 70.0 Å². The van der Waals surface area contributed by atoms with E-state index in [4.69, 9.17) is 14.2 Å². The standard InChI is InChI=1S/C16H21N3O4/c20-16-11-17-12-9-14-15(23-8-7-22-14)10-13(12)19(16)2-1-18-3-5-21-6-4-18/h9-10,17H,1-8,11H2. The molecular formula is C16H21N3O4. The zero-order chi connectivity index (χ0) is 15.6. The van der Waals surface area contributed by atoms with E-state index < -0.39 is 0 Å². The highest BCUT2D eigenvalue weighted by molar-refractivity contribution is 6.03. The van der Waals surface area contributed by atoms with E-state index in [1.807, 2.05) is 17.0 Å². The van der Waals surface area contributed by atoms with Crippen LogP contribution < -0.4 is 19.7 Å². The third-order valence-electron chi connectivity index (χ3n) is 4.43. The minimum Gasteiger partial charge on any atom is -0.486 e. The van der Waals surface area contributed by atoms with Crippen LogP contribution in [0.2, 0.25) is 0 Å². The van der Waals surface area contributed by atoms with E-state index >= 15 is 0 Å². The second-order valence-corrected chi connectivity index (χ2v) is 5.87. The Bertz CT molecular complexity index is 601. The first-order chi connectivity index (χ1) is 11.3. The molecule has 0 unspecified atom stereocenters. The summed E-state index contributed by atoms with van der Waals surface area (Å²) in [6.07, 6.45) is 0. The molecule has 23 heavy (non-hydrogen) atoms. The molecule has 0 radical (unpaired) electrons. The molecule has 3 aliphatic heterocycles. The van der Waals surface area contributed by atoms with Crippen molar-refractivity contribution in [3.63, 3.8) is 0 Å². The quantitative estimate of drug-likeness (QED) is 0.878. The molecule has 7 heteroatoms. The summed E-state index contributed by atoms with van der Waals surface area (Å²) in [5, 5.41) is 3.17. The van der Waals surface area contributed by atoms with Gasteiger partial charge in [0, 0.05) is 38.3 Å². The van der Waals surface area contributed by atoms with Crippen molar-refractivity contribution in [2.75, 3.05) is 69.4 Å². The van der Waals surface area contributed by atoms with Gasteiger partial charge in [0.15, 0.2) is 11.5 Å². The van der Waals surface area contributed by atoms with Crippen LogP contribution in [0.25, 0.3) is 0 Å². The van der Waals surface area contributed by atoms with E-state index in [2.05, 4.69) is 10.2 Å². The molecule has 0 spiro atoms. The minimum absolute atomic E-state index is 0.0856. The number of hydrogen-bond acceptors (Lipinski definition) is 6. The second kappa shape index (κ2) is 6.25. The molecule has 1 aromatic carbocycles. The monoisotopic (exact) mass is 319 g/mol. The fraction of sp³-hybridized carbons (Fsp3) is 0.562. The second-order valence-electron chi connectivity index (χ2n) is 5.87. The Morgan fingerprint density at radius 1 is 1.00 bits per heavy atom. The van der Waals surface area contributed by atoms with Crippen molar-refractivity contribution in [2.24, 2.45) is 0 Å². The minimum atomic E-state index is 0.0856. The van der Waals surface area contributed by atoms with Gasteiger partial charge in [0.05, 0.1) is 31.1 Å². The molecule has 1 amide bonds. The lowest BCUT2D eigenvalue weighted by Crippen LogP contribution is -2.46. The van der Waals surface area contributed by atoms with Gasteiger partial charge in [-0.05, 0) is 0 Å². The summed E-state index contributed by atoms with van der Waals surface area (Å²) in [5.41, 5.74) is 1.80. The van der Waals surface area contributed by atoms with Crippen LogP contribution >= 0.6 is 0 Å². The summed E-state index contributed by atoms with van der Waals surface area (Å²) in [5.74, 6) is 1.54. The van der Waals surface area contributed by atoms with Gasteiger partial charge < -0.3 is 24.4 Å². The number of carbonyl (C=O) groups excluding carboxylic acids is 1. The fourth-order valence-electron chi connectivity index (χ4n) is 3.15. The summed E-state index contributed by atoms with van der Waals surface area (Å²) < 4.78 is 16.6. The van der Waals surface area contributed by atoms with Crippen molar-refractivity contribution in [3.05, 3.63) is 12.1 Å². The van der Waals surface area contributed by atoms with E-state index in [0.29, 0.717) is 32.1 Å². The van der Waals surface area contributed by atoms with Crippen molar-refractivity contribution < 1.29 is 19.0 Å². The van der Waals surface area contributed by atoms with Gasteiger partial charge in [0.25, 0.3) is 0 Å². The fourth-order valence-corrected chi connectivity index (χ4v) is 3.15. The molecule has 1 fully saturated rings. The lowest BCUT2D eigenvalue weighted by Gasteiger charge is -2.34. The molecule has 3 aliphatic rings. The number of ether oxygens (including phenoxy) is 3. The van der Waals surface area contributed by atoms with Crippen molar-refractivity contribution in [3.8, 4) is 11.5 Å². The van der Waals surface area contributed by atoms with E-state index in [1.54, 1.807) is 0 Å². The van der Waals surface area contributed by atoms with Crippen LogP contribution in [-0.2, 0) is 9.53 Å². The van der Waals surface area contributed by atoms with Gasteiger partial charge in [0.1, 0.15) is 13.2 Å². The van der Waals surface area contributed by atoms with Gasteiger partial charge in [-0.1, -0.05) is 0 Å². The maximum Gasteiger partial charge on any atom is 0.246 e. The van der Waals surface area contributed by atoms with Crippen LogP contribution in [0.4, 0.5) is 11.4 Å². The van der Waals surface area contributed by atoms with E-state index in [0.717, 1.165) is 50.0 Å². The van der Waals surface area contributed by atoms with E-state index in [9.17, 15) is 4.79 Å². The van der Waals surface area contributed by atoms with Crippen molar-refractivity contribution in [2.45, 2.75) is 0 Å². The molecule has 0 aromatic heterocycles. The Morgan fingerprint density at radius 3 is 2.52 bits per heavy atom. The number of nitrogens with zero attached hydrogens (tertiary/aromatic N) is 2. The highest BCUT2D eigenvalue weighted by atomic mass is 16.6. The van der Waals surface area contributed by atoms with Gasteiger partial charge in [-0.15, -0.1) is 0 Å². The maximum atomic E-state index is 12.3. The lowest BCUT2D eigenvalue weighted by atomic mass is 10.1. The highest BCUT2D eigenvalue weighted by Gasteiger charge is 2.27. The number of rotatable bonds is 3. The first-order valence-electron chi connectivity index (χ1n) is 8.09. The largest absolute Gasteiger partial charge is 0.486 e. The molecule has 1 aromatic rings. The zero-order valence-electron chi connectivity index (χ0n) is 13.0. The average molecular weight is 319 g/mol. The van der Waals surface area contributed by atoms with Crippen molar-refractivity contribution in [1.82, 2.24) is 4.90 Å². The molecule has 1 saturated heterocycles. The first kappa shape index (κ1) is 14.6. The molecule has 0 atom stereocenters. The van der Waals surface area contributed by atoms with Gasteiger partial charge in [-0.3, -0.25) is 9.69 Å². The molecular weight excluding hydrogens is 298 g/mol. The number of anilines is 2. The predicted octanol–water partition coefficient (Wildman–Crippen LogP) is 0.548. The van der Waals surface area contributed by atoms with Gasteiger partial charge in [0.2, 0.25) is 5.91 Å².